The van der Waals surface area contributed by atoms with E-state index in [1.165, 1.54) is 25.2 Å². The number of hydrogen-bond donors (Lipinski definition) is 2. The van der Waals surface area contributed by atoms with Crippen LogP contribution < -0.4 is 10.2 Å². The molecule has 0 unspecified atom stereocenters. The number of carbonyl (C=O) groups is 1. The number of carbonyl (C=O) groups excluding carboxylic acids is 1. The van der Waals surface area contributed by atoms with Crippen LogP contribution in [0.5, 0.6) is 0 Å². The molecule has 1 aromatic rings. The summed E-state index contributed by atoms with van der Waals surface area (Å²) in [5.74, 6) is 0.548. The molecule has 116 valence electrons. The monoisotopic (exact) mass is 374 g/mol. The van der Waals surface area contributed by atoms with Crippen molar-refractivity contribution in [2.45, 2.75) is 38.3 Å². The number of hydrogen-bond acceptors (Lipinski definition) is 6. The van der Waals surface area contributed by atoms with E-state index in [-0.39, 0.29) is 11.9 Å². The predicted octanol–water partition coefficient (Wildman–Crippen LogP) is 1.40. The summed E-state index contributed by atoms with van der Waals surface area (Å²) in [5.41, 5.74) is -1.32. The van der Waals surface area contributed by atoms with Gasteiger partial charge in [-0.25, -0.2) is 0 Å². The first kappa shape index (κ1) is 15.2. The van der Waals surface area contributed by atoms with E-state index < -0.39 is 5.60 Å². The summed E-state index contributed by atoms with van der Waals surface area (Å²) in [5, 5.41) is 22.0. The van der Waals surface area contributed by atoms with Crippen LogP contribution in [-0.2, 0) is 4.79 Å². The predicted molar refractivity (Wildman–Crippen MR) is 84.3 cm³/mol. The van der Waals surface area contributed by atoms with Crippen molar-refractivity contribution in [1.82, 2.24) is 15.5 Å². The van der Waals surface area contributed by atoms with Crippen LogP contribution >= 0.6 is 27.3 Å². The van der Waals surface area contributed by atoms with Gasteiger partial charge in [0.05, 0.1) is 0 Å². The zero-order valence-corrected chi connectivity index (χ0v) is 14.4. The van der Waals surface area contributed by atoms with Crippen LogP contribution in [0, 0.1) is 11.8 Å². The molecular weight excluding hydrogens is 356 g/mol. The average Bonchev–Trinajstić information content (AvgIpc) is 2.90. The minimum atomic E-state index is -1.32. The fraction of sp³-hybridized carbons (Fsp3) is 0.769. The lowest BCUT2D eigenvalue weighted by Gasteiger charge is -2.38. The number of nitrogens with zero attached hydrogens (tertiary/aromatic N) is 3. The zero-order chi connectivity index (χ0) is 15.2. The summed E-state index contributed by atoms with van der Waals surface area (Å²) in [6, 6.07) is 0.163. The Morgan fingerprint density at radius 2 is 2.00 bits per heavy atom. The molecule has 3 atom stereocenters. The van der Waals surface area contributed by atoms with Crippen LogP contribution in [0.15, 0.2) is 3.92 Å². The van der Waals surface area contributed by atoms with E-state index in [1.54, 1.807) is 0 Å². The van der Waals surface area contributed by atoms with Gasteiger partial charge in [0.25, 0.3) is 5.91 Å². The molecule has 1 amide bonds. The summed E-state index contributed by atoms with van der Waals surface area (Å²) < 4.78 is 0.794. The normalized spacial score (nSPS) is 28.8. The average molecular weight is 375 g/mol. The standard InChI is InChI=1S/C13H19BrN4O2S/c1-13(2,20)10(19)15-9-7-3-4-8(9)6-18(5-7)12-17-16-11(14)21-12/h7-9,20H,3-6H2,1-2H3,(H,15,19)/t7-,8+,9+. The van der Waals surface area contributed by atoms with E-state index in [4.69, 9.17) is 0 Å². The van der Waals surface area contributed by atoms with Crippen molar-refractivity contribution >= 4 is 38.3 Å². The van der Waals surface area contributed by atoms with E-state index in [1.807, 2.05) is 0 Å². The minimum absolute atomic E-state index is 0.163. The first-order chi connectivity index (χ1) is 9.84. The molecule has 2 heterocycles. The fourth-order valence-electron chi connectivity index (χ4n) is 3.27. The summed E-state index contributed by atoms with van der Waals surface area (Å²) in [4.78, 5) is 14.3. The fourth-order valence-corrected chi connectivity index (χ4v) is 4.37. The second-order valence-electron chi connectivity index (χ2n) is 6.40. The Morgan fingerprint density at radius 3 is 2.48 bits per heavy atom. The Kier molecular flexibility index (Phi) is 3.96. The first-order valence-electron chi connectivity index (χ1n) is 7.12. The summed E-state index contributed by atoms with van der Waals surface area (Å²) in [6.45, 7) is 4.82. The molecule has 1 aliphatic heterocycles. The van der Waals surface area contributed by atoms with Gasteiger partial charge in [0.1, 0.15) is 5.60 Å². The third-order valence-electron chi connectivity index (χ3n) is 4.35. The third kappa shape index (κ3) is 3.07. The molecule has 1 saturated carbocycles. The molecule has 2 fully saturated rings. The summed E-state index contributed by atoms with van der Waals surface area (Å²) in [6.07, 6.45) is 2.22. The smallest absolute Gasteiger partial charge is 0.251 e. The highest BCUT2D eigenvalue weighted by Gasteiger charge is 2.44. The van der Waals surface area contributed by atoms with Gasteiger partial charge in [-0.3, -0.25) is 4.79 Å². The van der Waals surface area contributed by atoms with Gasteiger partial charge in [0, 0.05) is 19.1 Å². The van der Waals surface area contributed by atoms with Gasteiger partial charge in [0.15, 0.2) is 3.92 Å². The Hall–Kier alpha value is -0.730. The topological polar surface area (TPSA) is 78.4 Å². The van der Waals surface area contributed by atoms with Crippen LogP contribution in [0.25, 0.3) is 0 Å². The quantitative estimate of drug-likeness (QED) is 0.835. The van der Waals surface area contributed by atoms with Crippen molar-refractivity contribution in [3.8, 4) is 0 Å². The van der Waals surface area contributed by atoms with Gasteiger partial charge in [-0.05, 0) is 54.5 Å². The summed E-state index contributed by atoms with van der Waals surface area (Å²) >= 11 is 4.88. The van der Waals surface area contributed by atoms with Gasteiger partial charge in [-0.1, -0.05) is 11.3 Å². The number of anilines is 1. The molecule has 0 aromatic carbocycles. The third-order valence-corrected chi connectivity index (χ3v) is 5.76. The van der Waals surface area contributed by atoms with Gasteiger partial charge in [0.2, 0.25) is 5.13 Å². The van der Waals surface area contributed by atoms with E-state index in [9.17, 15) is 9.90 Å². The van der Waals surface area contributed by atoms with E-state index in [0.29, 0.717) is 11.8 Å². The van der Waals surface area contributed by atoms with E-state index >= 15 is 0 Å². The second-order valence-corrected chi connectivity index (χ2v) is 8.63. The van der Waals surface area contributed by atoms with Gasteiger partial charge >= 0.3 is 0 Å². The number of fused-ring (bicyclic) bond motifs is 2. The molecule has 1 aliphatic carbocycles. The molecule has 2 bridgehead atoms. The molecule has 6 nitrogen and oxygen atoms in total. The second kappa shape index (κ2) is 5.48. The highest BCUT2D eigenvalue weighted by molar-refractivity contribution is 9.11. The molecule has 3 rings (SSSR count). The number of nitrogens with one attached hydrogen (secondary N) is 1. The van der Waals surface area contributed by atoms with Crippen molar-refractivity contribution in [3.05, 3.63) is 3.92 Å². The van der Waals surface area contributed by atoms with Crippen LogP contribution in [0.3, 0.4) is 0 Å². The maximum atomic E-state index is 12.0. The Labute approximate surface area is 136 Å². The molecule has 0 radical (unpaired) electrons. The number of rotatable bonds is 3. The van der Waals surface area contributed by atoms with E-state index in [2.05, 4.69) is 36.3 Å². The largest absolute Gasteiger partial charge is 0.381 e. The highest BCUT2D eigenvalue weighted by atomic mass is 79.9. The van der Waals surface area contributed by atoms with Gasteiger partial charge in [-0.2, -0.15) is 0 Å². The van der Waals surface area contributed by atoms with Crippen molar-refractivity contribution in [2.24, 2.45) is 11.8 Å². The van der Waals surface area contributed by atoms with Crippen molar-refractivity contribution in [3.63, 3.8) is 0 Å². The molecular formula is C13H19BrN4O2S. The zero-order valence-electron chi connectivity index (χ0n) is 12.0. The van der Waals surface area contributed by atoms with Crippen LogP contribution in [0.2, 0.25) is 0 Å². The maximum Gasteiger partial charge on any atom is 0.251 e. The lowest BCUT2D eigenvalue weighted by atomic mass is 9.91. The van der Waals surface area contributed by atoms with Crippen LogP contribution in [-0.4, -0.2) is 45.9 Å². The number of amides is 1. The van der Waals surface area contributed by atoms with Gasteiger partial charge < -0.3 is 15.3 Å². The van der Waals surface area contributed by atoms with Crippen LogP contribution in [0.4, 0.5) is 5.13 Å². The molecule has 2 N–H and O–H groups in total. The van der Waals surface area contributed by atoms with Crippen molar-refractivity contribution in [2.75, 3.05) is 18.0 Å². The molecule has 2 aliphatic rings. The Morgan fingerprint density at radius 1 is 1.38 bits per heavy atom. The number of aliphatic hydroxyl groups is 1. The molecule has 1 saturated heterocycles. The van der Waals surface area contributed by atoms with Crippen molar-refractivity contribution in [1.29, 1.82) is 0 Å². The first-order valence-corrected chi connectivity index (χ1v) is 8.73. The molecule has 1 aromatic heterocycles. The number of piperidine rings is 1. The van der Waals surface area contributed by atoms with E-state index in [0.717, 1.165) is 35.0 Å². The van der Waals surface area contributed by atoms with Crippen molar-refractivity contribution < 1.29 is 9.90 Å². The number of halogens is 1. The lowest BCUT2D eigenvalue weighted by Crippen LogP contribution is -2.56. The maximum absolute atomic E-state index is 12.0. The molecule has 21 heavy (non-hydrogen) atoms. The van der Waals surface area contributed by atoms with Crippen LogP contribution in [0.1, 0.15) is 26.7 Å². The minimum Gasteiger partial charge on any atom is -0.381 e. The molecule has 0 spiro atoms. The van der Waals surface area contributed by atoms with Gasteiger partial charge in [-0.15, -0.1) is 10.2 Å². The Bertz CT molecular complexity index is 531. The lowest BCUT2D eigenvalue weighted by molar-refractivity contribution is -0.137. The SMILES string of the molecule is CC(C)(O)C(=O)N[C@H]1[C@@H]2CC[C@H]1CN(c1nnc(Br)s1)C2. The Balaban J connectivity index is 1.68. The summed E-state index contributed by atoms with van der Waals surface area (Å²) in [7, 11) is 0. The number of aromatic nitrogens is 2. The highest BCUT2D eigenvalue weighted by Crippen LogP contribution is 2.39. The molecule has 8 heteroatoms.